The Morgan fingerprint density at radius 1 is 1.10 bits per heavy atom. The van der Waals surface area contributed by atoms with E-state index < -0.39 is 0 Å². The molecule has 2 aromatic carbocycles. The van der Waals surface area contributed by atoms with Gasteiger partial charge in [0.05, 0.1) is 13.0 Å². The van der Waals surface area contributed by atoms with E-state index in [0.717, 1.165) is 27.6 Å². The number of hydrogen-bond acceptors (Lipinski definition) is 5. The van der Waals surface area contributed by atoms with Gasteiger partial charge in [0.2, 0.25) is 0 Å². The fourth-order valence-electron chi connectivity index (χ4n) is 3.59. The molecule has 1 heterocycles. The molecule has 0 radical (unpaired) electrons. The maximum Gasteiger partial charge on any atom is 0.336 e. The van der Waals surface area contributed by atoms with Gasteiger partial charge in [-0.3, -0.25) is 9.69 Å². The Kier molecular flexibility index (Phi) is 6.49. The van der Waals surface area contributed by atoms with Crippen LogP contribution in [0, 0.1) is 19.8 Å². The summed E-state index contributed by atoms with van der Waals surface area (Å²) < 4.78 is 10.4. The zero-order valence-corrected chi connectivity index (χ0v) is 17.4. The molecule has 1 unspecified atom stereocenters. The molecule has 0 aliphatic heterocycles. The minimum Gasteiger partial charge on any atom is -0.469 e. The van der Waals surface area contributed by atoms with E-state index in [1.807, 2.05) is 51.1 Å². The predicted molar refractivity (Wildman–Crippen MR) is 114 cm³/mol. The van der Waals surface area contributed by atoms with E-state index in [4.69, 9.17) is 9.15 Å². The number of methoxy groups -OCH3 is 1. The van der Waals surface area contributed by atoms with Crippen LogP contribution in [0.3, 0.4) is 0 Å². The zero-order chi connectivity index (χ0) is 21.0. The number of ether oxygens (including phenoxy) is 1. The Labute approximate surface area is 170 Å². The molecule has 0 spiro atoms. The van der Waals surface area contributed by atoms with Crippen LogP contribution >= 0.6 is 0 Å². The van der Waals surface area contributed by atoms with E-state index in [1.54, 1.807) is 6.07 Å². The molecule has 0 fully saturated rings. The predicted octanol–water partition coefficient (Wildman–Crippen LogP) is 4.22. The van der Waals surface area contributed by atoms with E-state index in [0.29, 0.717) is 25.2 Å². The van der Waals surface area contributed by atoms with Crippen LogP contribution in [0.4, 0.5) is 0 Å². The first-order chi connectivity index (χ1) is 13.9. The Hall–Kier alpha value is -2.92. The van der Waals surface area contributed by atoms with Crippen molar-refractivity contribution in [2.45, 2.75) is 33.9 Å². The molecule has 0 amide bonds. The fourth-order valence-corrected chi connectivity index (χ4v) is 3.59. The number of fused-ring (bicyclic) bond motifs is 1. The second-order valence-corrected chi connectivity index (χ2v) is 7.55. The van der Waals surface area contributed by atoms with Crippen molar-refractivity contribution in [1.29, 1.82) is 0 Å². The van der Waals surface area contributed by atoms with Gasteiger partial charge in [0, 0.05) is 31.1 Å². The van der Waals surface area contributed by atoms with Crippen LogP contribution in [0.1, 0.15) is 29.2 Å². The van der Waals surface area contributed by atoms with E-state index in [9.17, 15) is 9.59 Å². The van der Waals surface area contributed by atoms with Gasteiger partial charge in [-0.2, -0.15) is 0 Å². The summed E-state index contributed by atoms with van der Waals surface area (Å²) in [6, 6.07) is 15.7. The zero-order valence-electron chi connectivity index (χ0n) is 17.4. The van der Waals surface area contributed by atoms with Crippen molar-refractivity contribution in [2.75, 3.05) is 13.7 Å². The van der Waals surface area contributed by atoms with Gasteiger partial charge >= 0.3 is 11.6 Å². The molecular formula is C24H27NO4. The highest BCUT2D eigenvalue weighted by molar-refractivity contribution is 5.83. The maximum atomic E-state index is 12.2. The number of benzene rings is 2. The molecule has 5 nitrogen and oxygen atoms in total. The van der Waals surface area contributed by atoms with Crippen molar-refractivity contribution in [3.63, 3.8) is 0 Å². The molecule has 1 atom stereocenters. The van der Waals surface area contributed by atoms with Crippen LogP contribution in [-0.4, -0.2) is 24.5 Å². The lowest BCUT2D eigenvalue weighted by atomic mass is 10.0. The Balaban J connectivity index is 1.97. The van der Waals surface area contributed by atoms with Crippen LogP contribution in [0.5, 0.6) is 0 Å². The van der Waals surface area contributed by atoms with Crippen LogP contribution in [0.15, 0.2) is 57.7 Å². The monoisotopic (exact) mass is 393 g/mol. The van der Waals surface area contributed by atoms with Gasteiger partial charge in [0.25, 0.3) is 0 Å². The molecule has 3 aromatic rings. The highest BCUT2D eigenvalue weighted by Gasteiger charge is 2.20. The van der Waals surface area contributed by atoms with Gasteiger partial charge in [0.15, 0.2) is 0 Å². The minimum absolute atomic E-state index is 0.244. The van der Waals surface area contributed by atoms with Crippen LogP contribution in [0.2, 0.25) is 0 Å². The van der Waals surface area contributed by atoms with Crippen molar-refractivity contribution in [2.24, 2.45) is 5.92 Å². The van der Waals surface area contributed by atoms with E-state index in [2.05, 4.69) is 17.0 Å². The van der Waals surface area contributed by atoms with Crippen molar-refractivity contribution < 1.29 is 13.9 Å². The first-order valence-corrected chi connectivity index (χ1v) is 9.76. The first-order valence-electron chi connectivity index (χ1n) is 9.76. The molecule has 5 heteroatoms. The number of hydrogen-bond donors (Lipinski definition) is 0. The standard InChI is InChI=1S/C24H27NO4/c1-16-10-11-21-20(12-22(26)29-23(21)18(16)3)15-25(13-17(2)24(27)28-4)14-19-8-6-5-7-9-19/h5-12,17H,13-15H2,1-4H3. The normalized spacial score (nSPS) is 12.3. The molecule has 152 valence electrons. The number of carbonyl (C=O) groups is 1. The average Bonchev–Trinajstić information content (AvgIpc) is 2.71. The van der Waals surface area contributed by atoms with Crippen molar-refractivity contribution >= 4 is 16.9 Å². The second-order valence-electron chi connectivity index (χ2n) is 7.55. The molecule has 29 heavy (non-hydrogen) atoms. The molecule has 0 aliphatic rings. The highest BCUT2D eigenvalue weighted by atomic mass is 16.5. The lowest BCUT2D eigenvalue weighted by Crippen LogP contribution is -2.32. The molecule has 0 aliphatic carbocycles. The first kappa shape index (κ1) is 20.8. The van der Waals surface area contributed by atoms with Crippen molar-refractivity contribution in [1.82, 2.24) is 4.90 Å². The van der Waals surface area contributed by atoms with Crippen LogP contribution < -0.4 is 5.63 Å². The summed E-state index contributed by atoms with van der Waals surface area (Å²) in [4.78, 5) is 26.4. The lowest BCUT2D eigenvalue weighted by molar-refractivity contribution is -0.145. The third kappa shape index (κ3) is 4.93. The molecule has 0 saturated heterocycles. The summed E-state index contributed by atoms with van der Waals surface area (Å²) in [5.74, 6) is -0.522. The quantitative estimate of drug-likeness (QED) is 0.444. The summed E-state index contributed by atoms with van der Waals surface area (Å²) in [5, 5.41) is 0.927. The van der Waals surface area contributed by atoms with Gasteiger partial charge in [0.1, 0.15) is 5.58 Å². The second kappa shape index (κ2) is 9.05. The van der Waals surface area contributed by atoms with Crippen LogP contribution in [-0.2, 0) is 22.6 Å². The SMILES string of the molecule is COC(=O)C(C)CN(Cc1ccccc1)Cc1cc(=O)oc2c(C)c(C)ccc12. The summed E-state index contributed by atoms with van der Waals surface area (Å²) >= 11 is 0. The van der Waals surface area contributed by atoms with Gasteiger partial charge in [-0.05, 0) is 36.1 Å². The Morgan fingerprint density at radius 2 is 1.83 bits per heavy atom. The van der Waals surface area contributed by atoms with Crippen LogP contribution in [0.25, 0.3) is 11.0 Å². The van der Waals surface area contributed by atoms with Crippen molar-refractivity contribution in [3.8, 4) is 0 Å². The third-order valence-corrected chi connectivity index (χ3v) is 5.30. The molecule has 3 rings (SSSR count). The summed E-state index contributed by atoms with van der Waals surface area (Å²) in [6.07, 6.45) is 0. The van der Waals surface area contributed by atoms with Gasteiger partial charge in [-0.1, -0.05) is 49.4 Å². The fraction of sp³-hybridized carbons (Fsp3) is 0.333. The summed E-state index contributed by atoms with van der Waals surface area (Å²) in [7, 11) is 1.40. The summed E-state index contributed by atoms with van der Waals surface area (Å²) in [6.45, 7) is 7.53. The molecular weight excluding hydrogens is 366 g/mol. The number of aryl methyl sites for hydroxylation is 2. The van der Waals surface area contributed by atoms with Gasteiger partial charge in [-0.15, -0.1) is 0 Å². The lowest BCUT2D eigenvalue weighted by Gasteiger charge is -2.25. The number of rotatable bonds is 7. The summed E-state index contributed by atoms with van der Waals surface area (Å²) in [5.41, 5.74) is 4.36. The largest absolute Gasteiger partial charge is 0.469 e. The molecule has 0 bridgehead atoms. The topological polar surface area (TPSA) is 59.8 Å². The number of esters is 1. The molecule has 0 saturated carbocycles. The Bertz CT molecular complexity index is 1060. The molecule has 1 aromatic heterocycles. The maximum absolute atomic E-state index is 12.2. The average molecular weight is 393 g/mol. The van der Waals surface area contributed by atoms with E-state index in [-0.39, 0.29) is 17.5 Å². The molecule has 0 N–H and O–H groups in total. The van der Waals surface area contributed by atoms with Gasteiger partial charge in [-0.25, -0.2) is 4.79 Å². The smallest absolute Gasteiger partial charge is 0.336 e. The van der Waals surface area contributed by atoms with E-state index in [1.165, 1.54) is 7.11 Å². The Morgan fingerprint density at radius 3 is 2.52 bits per heavy atom. The third-order valence-electron chi connectivity index (χ3n) is 5.30. The number of carbonyl (C=O) groups excluding carboxylic acids is 1. The highest BCUT2D eigenvalue weighted by Crippen LogP contribution is 2.25. The van der Waals surface area contributed by atoms with E-state index >= 15 is 0 Å². The van der Waals surface area contributed by atoms with Gasteiger partial charge < -0.3 is 9.15 Å². The minimum atomic E-state index is -0.359. The number of nitrogens with zero attached hydrogens (tertiary/aromatic N) is 1. The van der Waals surface area contributed by atoms with Crippen molar-refractivity contribution in [3.05, 3.63) is 81.2 Å².